The lowest BCUT2D eigenvalue weighted by molar-refractivity contribution is 0.660. The van der Waals surface area contributed by atoms with Crippen LogP contribution in [0.2, 0.25) is 26.2 Å². The number of fused-ring (bicyclic) bond motifs is 13. The number of hydrogen-bond acceptors (Lipinski definition) is 2. The summed E-state index contributed by atoms with van der Waals surface area (Å²) < 4.78 is 0. The molecule has 0 saturated heterocycles. The second kappa shape index (κ2) is 14.4. The Morgan fingerprint density at radius 2 is 0.701 bits per heavy atom. The van der Waals surface area contributed by atoms with Crippen molar-refractivity contribution in [3.63, 3.8) is 0 Å². The Labute approximate surface area is 396 Å². The van der Waals surface area contributed by atoms with E-state index >= 15 is 0 Å². The molecule has 0 bridgehead atoms. The van der Waals surface area contributed by atoms with Crippen LogP contribution in [0.3, 0.4) is 0 Å². The van der Waals surface area contributed by atoms with Gasteiger partial charge in [0.2, 0.25) is 0 Å². The quantitative estimate of drug-likeness (QED) is 0.0987. The van der Waals surface area contributed by atoms with Crippen molar-refractivity contribution in [2.45, 2.75) is 45.5 Å². The fourth-order valence-corrected chi connectivity index (χ4v) is 18.3. The third kappa shape index (κ3) is 5.79. The minimum absolute atomic E-state index is 0.157. The molecule has 2 nitrogen and oxygen atoms in total. The van der Waals surface area contributed by atoms with E-state index in [1.54, 1.807) is 0 Å². The molecule has 1 aliphatic carbocycles. The predicted molar refractivity (Wildman–Crippen MR) is 295 cm³/mol. The Hall–Kier alpha value is -7.25. The van der Waals surface area contributed by atoms with Gasteiger partial charge in [-0.15, -0.1) is 0 Å². The van der Waals surface area contributed by atoms with Gasteiger partial charge in [-0.3, -0.25) is 0 Å². The molecule has 67 heavy (non-hydrogen) atoms. The zero-order chi connectivity index (χ0) is 45.4. The van der Waals surface area contributed by atoms with Crippen molar-refractivity contribution < 1.29 is 0 Å². The van der Waals surface area contributed by atoms with E-state index in [4.69, 9.17) is 0 Å². The molecule has 10 aromatic carbocycles. The van der Waals surface area contributed by atoms with E-state index in [1.807, 2.05) is 0 Å². The first-order chi connectivity index (χ1) is 32.5. The molecule has 2 heterocycles. The van der Waals surface area contributed by atoms with Crippen LogP contribution in [0.1, 0.15) is 36.1 Å². The Kier molecular flexibility index (Phi) is 8.60. The molecule has 3 aliphatic rings. The molecule has 0 unspecified atom stereocenters. The molecule has 10 aromatic rings. The lowest BCUT2D eigenvalue weighted by Gasteiger charge is -2.41. The second-order valence-corrected chi connectivity index (χ2v) is 29.2. The average Bonchev–Trinajstić information content (AvgIpc) is 3.58. The van der Waals surface area contributed by atoms with Crippen LogP contribution in [0.15, 0.2) is 194 Å². The van der Waals surface area contributed by atoms with Crippen LogP contribution in [0, 0.1) is 0 Å². The Balaban J connectivity index is 0.850. The summed E-state index contributed by atoms with van der Waals surface area (Å²) in [5.74, 6) is 0. The third-order valence-corrected chi connectivity index (χ3v) is 22.9. The van der Waals surface area contributed by atoms with E-state index in [9.17, 15) is 0 Å². The molecule has 0 fully saturated rings. The van der Waals surface area contributed by atoms with Crippen LogP contribution >= 0.6 is 0 Å². The van der Waals surface area contributed by atoms with Gasteiger partial charge < -0.3 is 9.80 Å². The fraction of sp³-hybridized carbons (Fsp3) is 0.111. The molecule has 0 spiro atoms. The Morgan fingerprint density at radius 3 is 1.22 bits per heavy atom. The Morgan fingerprint density at radius 1 is 0.343 bits per heavy atom. The van der Waals surface area contributed by atoms with Crippen LogP contribution < -0.4 is 30.5 Å². The van der Waals surface area contributed by atoms with Gasteiger partial charge in [0.05, 0.1) is 0 Å². The number of para-hydroxylation sites is 4. The number of hydrogen-bond donors (Lipinski definition) is 0. The first-order valence-corrected chi connectivity index (χ1v) is 29.8. The summed E-state index contributed by atoms with van der Waals surface area (Å²) in [4.78, 5) is 5.01. The van der Waals surface area contributed by atoms with E-state index in [0.29, 0.717) is 0 Å². The second-order valence-electron chi connectivity index (χ2n) is 20.6. The van der Waals surface area contributed by atoms with Gasteiger partial charge in [-0.25, -0.2) is 0 Å². The van der Waals surface area contributed by atoms with E-state index in [1.165, 1.54) is 121 Å². The van der Waals surface area contributed by atoms with Crippen LogP contribution in [0.25, 0.3) is 55.6 Å². The van der Waals surface area contributed by atoms with Gasteiger partial charge in [0.25, 0.3) is 0 Å². The van der Waals surface area contributed by atoms with Crippen molar-refractivity contribution in [1.82, 2.24) is 0 Å². The molecular weight excluding hydrogens is 841 g/mol. The van der Waals surface area contributed by atoms with Crippen molar-refractivity contribution in [1.29, 1.82) is 0 Å². The highest BCUT2D eigenvalue weighted by Gasteiger charge is 2.41. The summed E-state index contributed by atoms with van der Waals surface area (Å²) in [6.45, 7) is 14.8. The molecular formula is C63H52N2Si2. The molecule has 0 saturated carbocycles. The van der Waals surface area contributed by atoms with Crippen LogP contribution in [-0.4, -0.2) is 16.1 Å². The number of benzene rings is 10. The highest BCUT2D eigenvalue weighted by molar-refractivity contribution is 7.03. The number of nitrogens with zero attached hydrogens (tertiary/aromatic N) is 2. The lowest BCUT2D eigenvalue weighted by atomic mass is 9.81. The zero-order valence-electron chi connectivity index (χ0n) is 39.0. The molecule has 2 aliphatic heterocycles. The Bertz CT molecular complexity index is 3640. The van der Waals surface area contributed by atoms with Crippen molar-refractivity contribution in [2.75, 3.05) is 9.80 Å². The van der Waals surface area contributed by atoms with Crippen molar-refractivity contribution in [3.8, 4) is 11.1 Å². The minimum atomic E-state index is -1.88. The molecule has 0 amide bonds. The number of anilines is 6. The van der Waals surface area contributed by atoms with Gasteiger partial charge in [-0.05, 0) is 141 Å². The first-order valence-electron chi connectivity index (χ1n) is 23.8. The van der Waals surface area contributed by atoms with Gasteiger partial charge in [0.15, 0.2) is 0 Å². The van der Waals surface area contributed by atoms with E-state index in [0.717, 1.165) is 0 Å². The smallest absolute Gasteiger partial charge is 0.117 e. The maximum absolute atomic E-state index is 2.51. The molecule has 4 heteroatoms. The molecule has 0 N–H and O–H groups in total. The summed E-state index contributed by atoms with van der Waals surface area (Å²) in [6.07, 6.45) is 4.59. The highest BCUT2D eigenvalue weighted by atomic mass is 28.3. The average molecular weight is 893 g/mol. The van der Waals surface area contributed by atoms with Crippen molar-refractivity contribution in [3.05, 3.63) is 216 Å². The van der Waals surface area contributed by atoms with Crippen LogP contribution in [0.4, 0.5) is 34.1 Å². The molecule has 0 radical (unpaired) electrons. The van der Waals surface area contributed by atoms with Crippen LogP contribution in [0.5, 0.6) is 0 Å². The summed E-state index contributed by atoms with van der Waals surface area (Å²) in [5, 5.41) is 13.6. The lowest BCUT2D eigenvalue weighted by Crippen LogP contribution is -2.58. The predicted octanol–water partition coefficient (Wildman–Crippen LogP) is 14.8. The van der Waals surface area contributed by atoms with Gasteiger partial charge in [0.1, 0.15) is 16.1 Å². The van der Waals surface area contributed by atoms with Crippen molar-refractivity contribution in [2.24, 2.45) is 0 Å². The molecule has 0 atom stereocenters. The zero-order valence-corrected chi connectivity index (χ0v) is 41.0. The van der Waals surface area contributed by atoms with Gasteiger partial charge in [-0.1, -0.05) is 192 Å². The molecule has 0 aromatic heterocycles. The van der Waals surface area contributed by atoms with Crippen LogP contribution in [-0.2, 0) is 5.41 Å². The van der Waals surface area contributed by atoms with E-state index in [-0.39, 0.29) is 5.41 Å². The van der Waals surface area contributed by atoms with Crippen molar-refractivity contribution >= 4 is 115 Å². The normalized spacial score (nSPS) is 15.9. The molecule has 322 valence electrons. The van der Waals surface area contributed by atoms with Gasteiger partial charge >= 0.3 is 0 Å². The first kappa shape index (κ1) is 40.1. The summed E-state index contributed by atoms with van der Waals surface area (Å²) in [6, 6.07) is 73.7. The highest BCUT2D eigenvalue weighted by Crippen LogP contribution is 2.51. The summed E-state index contributed by atoms with van der Waals surface area (Å²) in [5.41, 5.74) is 15.4. The maximum Gasteiger partial charge on any atom is 0.117 e. The van der Waals surface area contributed by atoms with E-state index < -0.39 is 16.1 Å². The largest absolute Gasteiger partial charge is 0.311 e. The fourth-order valence-electron chi connectivity index (χ4n) is 12.3. The van der Waals surface area contributed by atoms with E-state index in [2.05, 4.69) is 256 Å². The van der Waals surface area contributed by atoms with Gasteiger partial charge in [-0.2, -0.15) is 0 Å². The summed E-state index contributed by atoms with van der Waals surface area (Å²) in [7, 11) is -3.74. The maximum atomic E-state index is 2.51. The third-order valence-electron chi connectivity index (χ3n) is 15.8. The summed E-state index contributed by atoms with van der Waals surface area (Å²) >= 11 is 0. The minimum Gasteiger partial charge on any atom is -0.311 e. The topological polar surface area (TPSA) is 6.48 Å². The standard InChI is InChI=1S/C63H52N2Si2/c1-63(2)53-38-42(30-34-49(53)50-36-32-44(40-54(50)63)65-57-21-11-15-25-61(57)67(5,6)62-26-16-12-22-58(62)65)28-27-41-29-33-47-48-35-31-43(39-52(48)46-18-8-7-17-45(46)51(47)37-41)64-55-19-9-13-23-59(55)66(3,4)60-24-14-10-20-56(60)64/h7-40H,1-6H3. The number of rotatable bonds is 4. The van der Waals surface area contributed by atoms with Gasteiger partial charge in [0, 0.05) is 39.5 Å². The monoisotopic (exact) mass is 892 g/mol. The SMILES string of the molecule is CC1(C)c2cc(C=Cc3ccc4c5ccc(N6c7ccccc7[Si](C)(C)c7ccccc76)cc5c5ccccc5c4c3)ccc2-c2ccc(N3c4ccccc4[Si](C)(C)c4ccccc43)cc21. The molecule has 13 rings (SSSR count).